The van der Waals surface area contributed by atoms with Gasteiger partial charge in [-0.1, -0.05) is 23.7 Å². The summed E-state index contributed by atoms with van der Waals surface area (Å²) in [6.07, 6.45) is 4.32. The minimum atomic E-state index is -0.966. The first-order valence-corrected chi connectivity index (χ1v) is 7.05. The van der Waals surface area contributed by atoms with Crippen LogP contribution in [0.1, 0.15) is 44.0 Å². The molecule has 0 amide bonds. The Balaban J connectivity index is 0.00000242. The summed E-state index contributed by atoms with van der Waals surface area (Å²) in [6, 6.07) is -1.02. The Kier molecular flexibility index (Phi) is 8.01. The van der Waals surface area contributed by atoms with E-state index < -0.39 is 17.8 Å². The van der Waals surface area contributed by atoms with Crippen LogP contribution in [0.4, 0.5) is 0 Å². The first-order valence-electron chi connectivity index (χ1n) is 7.05. The number of aromatic nitrogens is 2. The van der Waals surface area contributed by atoms with E-state index in [1.54, 1.807) is 4.57 Å². The van der Waals surface area contributed by atoms with E-state index in [-0.39, 0.29) is 56.5 Å². The van der Waals surface area contributed by atoms with Gasteiger partial charge in [0.1, 0.15) is 0 Å². The van der Waals surface area contributed by atoms with Crippen LogP contribution in [0.15, 0.2) is 21.5 Å². The number of carbonyl (C=O) groups is 1. The van der Waals surface area contributed by atoms with Crippen LogP contribution >= 0.6 is 0 Å². The molecule has 119 valence electrons. The van der Waals surface area contributed by atoms with Gasteiger partial charge in [-0.3, -0.25) is 13.9 Å². The predicted octanol–water partition coefficient (Wildman–Crippen LogP) is 2.03. The molecule has 0 spiro atoms. The Morgan fingerprint density at radius 3 is 3.00 bits per heavy atom. The zero-order valence-corrected chi connectivity index (χ0v) is 17.5. The molecule has 1 aromatic heterocycles. The average molecular weight is 521 g/mol. The van der Waals surface area contributed by atoms with Gasteiger partial charge in [0, 0.05) is 56.5 Å². The molecule has 2 heterocycles. The van der Waals surface area contributed by atoms with Crippen molar-refractivity contribution in [3.63, 3.8) is 0 Å². The molecule has 1 aliphatic heterocycles. The van der Waals surface area contributed by atoms with E-state index in [9.17, 15) is 9.59 Å². The molecule has 2 rings (SSSR count). The van der Waals surface area contributed by atoms with Crippen LogP contribution in [0.25, 0.3) is 5.73 Å². The average Bonchev–Trinajstić information content (AvgIpc) is 2.69. The zero-order chi connectivity index (χ0) is 15.4. The van der Waals surface area contributed by atoms with Crippen LogP contribution in [0.3, 0.4) is 0 Å². The van der Waals surface area contributed by atoms with Crippen molar-refractivity contribution in [1.82, 2.24) is 9.72 Å². The van der Waals surface area contributed by atoms with E-state index in [4.69, 9.17) is 10.3 Å². The van der Waals surface area contributed by atoms with Crippen LogP contribution in [0.2, 0.25) is 0 Å². The number of ether oxygens (including phenoxy) is 1. The summed E-state index contributed by atoms with van der Waals surface area (Å²) in [5, 5.41) is 3.81. The first kappa shape index (κ1) is 19.6. The van der Waals surface area contributed by atoms with Crippen molar-refractivity contribution >= 4 is 5.97 Å². The molecule has 7 nitrogen and oxygen atoms in total. The molecule has 2 atom stereocenters. The third-order valence-electron chi connectivity index (χ3n) is 3.76. The van der Waals surface area contributed by atoms with Crippen LogP contribution in [0, 0.1) is 44.1 Å². The largest absolute Gasteiger partial charge is 0.665 e. The summed E-state index contributed by atoms with van der Waals surface area (Å²) in [6.45, 7) is 3.93. The summed E-state index contributed by atoms with van der Waals surface area (Å²) in [5.74, 6) is -0.342. The van der Waals surface area contributed by atoms with E-state index in [0.717, 1.165) is 31.3 Å². The number of hydrogen-bond acceptors (Lipinski definition) is 5. The predicted molar refractivity (Wildman–Crippen MR) is 75.9 cm³/mol. The van der Waals surface area contributed by atoms with Crippen LogP contribution < -0.4 is 5.76 Å². The van der Waals surface area contributed by atoms with Gasteiger partial charge >= 0.3 is 5.76 Å². The number of hydrogen-bond donors (Lipinski definition) is 0. The number of rotatable bonds is 5. The summed E-state index contributed by atoms with van der Waals surface area (Å²) in [5.41, 5.74) is 8.45. The fourth-order valence-corrected chi connectivity index (χ4v) is 2.73. The van der Waals surface area contributed by atoms with Crippen LogP contribution in [-0.4, -0.2) is 28.8 Å². The van der Waals surface area contributed by atoms with Gasteiger partial charge in [0.15, 0.2) is 5.82 Å². The van der Waals surface area contributed by atoms with Crippen molar-refractivity contribution in [3.8, 4) is 0 Å². The van der Waals surface area contributed by atoms with Crippen molar-refractivity contribution in [3.05, 3.63) is 34.3 Å². The maximum Gasteiger partial charge on any atom is 0.441 e. The van der Waals surface area contributed by atoms with Crippen molar-refractivity contribution < 1.29 is 58.1 Å². The number of methoxy groups -OCH3 is 1. The first-order chi connectivity index (χ1) is 10.0. The maximum absolute atomic E-state index is 11.8. The van der Waals surface area contributed by atoms with E-state index in [0.29, 0.717) is 12.2 Å². The molecule has 1 aromatic rings. The van der Waals surface area contributed by atoms with Crippen LogP contribution in [0.5, 0.6) is 0 Å². The molecule has 0 saturated heterocycles. The van der Waals surface area contributed by atoms with E-state index in [1.807, 2.05) is 0 Å². The molecule has 0 aromatic carbocycles. The number of fused-ring (bicyclic) bond motifs is 1. The molecular formula is C14H20AcN3O4-. The number of aryl methyl sites for hydroxylation is 1. The minimum absolute atomic E-state index is 0. The normalized spacial score (nSPS) is 18.5. The molecule has 0 saturated carbocycles. The molecule has 8 heteroatoms. The van der Waals surface area contributed by atoms with Gasteiger partial charge in [-0.2, -0.15) is 0 Å². The van der Waals surface area contributed by atoms with Gasteiger partial charge in [0.25, 0.3) is 5.97 Å². The number of nitrogens with one attached hydrogen (secondary N) is 1. The minimum Gasteiger partial charge on any atom is -0.665 e. The molecule has 1 radical (unpaired) electrons. The monoisotopic (exact) mass is 521 g/mol. The van der Waals surface area contributed by atoms with E-state index in [2.05, 4.69) is 16.5 Å². The van der Waals surface area contributed by atoms with Gasteiger partial charge in [-0.05, 0) is 31.7 Å². The fourth-order valence-electron chi connectivity index (χ4n) is 2.73. The van der Waals surface area contributed by atoms with Crippen molar-refractivity contribution in [1.29, 1.82) is 0 Å². The van der Waals surface area contributed by atoms with Gasteiger partial charge in [0.2, 0.25) is 0 Å². The van der Waals surface area contributed by atoms with Crippen molar-refractivity contribution in [2.45, 2.75) is 50.6 Å². The molecule has 1 N–H and O–H groups in total. The molecule has 1 aliphatic rings. The second-order valence-corrected chi connectivity index (χ2v) is 5.37. The Labute approximate surface area is 164 Å². The van der Waals surface area contributed by atoms with Gasteiger partial charge < -0.3 is 10.5 Å². The Morgan fingerprint density at radius 2 is 2.32 bits per heavy atom. The van der Waals surface area contributed by atoms with E-state index in [1.165, 1.54) is 7.11 Å². The van der Waals surface area contributed by atoms with Crippen LogP contribution in [-0.2, 0) is 16.0 Å². The SMILES string of the molecule is C=C(CC([NH-])C(=O)OC)CC1CCCCc2noc(=O)n21.[Ac]. The molecule has 0 bridgehead atoms. The second kappa shape index (κ2) is 9.00. The zero-order valence-electron chi connectivity index (χ0n) is 12.7. The summed E-state index contributed by atoms with van der Waals surface area (Å²) < 4.78 is 10.9. The number of esters is 1. The Morgan fingerprint density at radius 1 is 1.59 bits per heavy atom. The third-order valence-corrected chi connectivity index (χ3v) is 3.76. The molecule has 2 unspecified atom stereocenters. The Bertz CT molecular complexity index is 581. The summed E-state index contributed by atoms with van der Waals surface area (Å²) in [4.78, 5) is 23.1. The number of nitrogens with zero attached hydrogens (tertiary/aromatic N) is 2. The second-order valence-electron chi connectivity index (χ2n) is 5.37. The number of carbonyl (C=O) groups excluding carboxylic acids is 1. The maximum atomic E-state index is 11.8. The van der Waals surface area contributed by atoms with Crippen molar-refractivity contribution in [2.24, 2.45) is 0 Å². The van der Waals surface area contributed by atoms with Crippen molar-refractivity contribution in [2.75, 3.05) is 7.11 Å². The van der Waals surface area contributed by atoms with E-state index >= 15 is 0 Å². The van der Waals surface area contributed by atoms with Gasteiger partial charge in [-0.25, -0.2) is 4.79 Å². The standard InChI is InChI=1S/C14H20N3O4.Ac/c1-9(8-11(15)13(18)20-2)7-10-5-3-4-6-12-16-21-14(19)17(10)12;/h10-11,15H,1,3-8H2,2H3;/q-1;. The third kappa shape index (κ3) is 4.77. The topological polar surface area (TPSA) is 98.1 Å². The Hall–Kier alpha value is -0.448. The molecular weight excluding hydrogens is 501 g/mol. The molecule has 22 heavy (non-hydrogen) atoms. The smallest absolute Gasteiger partial charge is 0.441 e. The van der Waals surface area contributed by atoms with Gasteiger partial charge in [0.05, 0.1) is 7.11 Å². The quantitative estimate of drug-likeness (QED) is 0.437. The molecule has 0 aliphatic carbocycles. The summed E-state index contributed by atoms with van der Waals surface area (Å²) >= 11 is 0. The summed E-state index contributed by atoms with van der Waals surface area (Å²) in [7, 11) is 1.26. The molecule has 0 fully saturated rings. The fraction of sp³-hybridized carbons (Fsp3) is 0.643. The van der Waals surface area contributed by atoms with Gasteiger partial charge in [-0.15, -0.1) is 0 Å².